The molecule has 0 heteroatoms. The van der Waals surface area contributed by atoms with Gasteiger partial charge in [-0.1, -0.05) is 36.4 Å². The van der Waals surface area contributed by atoms with Crippen LogP contribution in [-0.4, -0.2) is 0 Å². The molecule has 2 aromatic carbocycles. The highest BCUT2D eigenvalue weighted by Gasteiger charge is 2.22. The molecule has 0 heterocycles. The van der Waals surface area contributed by atoms with Crippen LogP contribution < -0.4 is 0 Å². The van der Waals surface area contributed by atoms with Crippen LogP contribution in [0, 0.1) is 0 Å². The largest absolute Gasteiger partial charge is 0.0617 e. The fraction of sp³-hybridized carbons (Fsp3) is 0.333. The highest BCUT2D eigenvalue weighted by molar-refractivity contribution is 5.78. The SMILES string of the molecule is [2H]C1([2H])c2cccc3c2-c2c(cccc2C([2H])([2H])C([2H])([2H])C3([2H])[2H])C([2H])([2H])C1([2H])[2H]. The van der Waals surface area contributed by atoms with Crippen LogP contribution in [0.2, 0.25) is 0 Å². The number of rotatable bonds is 0. The zero-order chi connectivity index (χ0) is 22.7. The lowest BCUT2D eigenvalue weighted by molar-refractivity contribution is 0.814. The number of hydrogen-bond acceptors (Lipinski definition) is 0. The highest BCUT2D eigenvalue weighted by Crippen LogP contribution is 2.40. The Morgan fingerprint density at radius 2 is 0.944 bits per heavy atom. The van der Waals surface area contributed by atoms with Gasteiger partial charge in [0.1, 0.15) is 0 Å². The number of benzene rings is 2. The van der Waals surface area contributed by atoms with E-state index in [-0.39, 0.29) is 33.4 Å². The van der Waals surface area contributed by atoms with Crippen molar-refractivity contribution in [3.05, 3.63) is 58.7 Å². The third-order valence-corrected chi connectivity index (χ3v) is 3.17. The molecule has 0 amide bonds. The monoisotopic (exact) mass is 246 g/mol. The average molecular weight is 246 g/mol. The lowest BCUT2D eigenvalue weighted by Crippen LogP contribution is -1.94. The predicted octanol–water partition coefficient (Wildman–Crippen LogP) is 4.33. The second-order valence-electron chi connectivity index (χ2n) is 4.21. The standard InChI is InChI=1S/C18H18/c1-5-13-9-3-11-15-7-2-8-16-12-4-10-14(6-1)17(13)18(15)16/h1-2,5-8H,3-4,9-12H2/i3D2,4D2,9D2,10D2,11D2,12D2. The van der Waals surface area contributed by atoms with E-state index in [2.05, 4.69) is 0 Å². The summed E-state index contributed by atoms with van der Waals surface area (Å²) in [6.45, 7) is 0. The summed E-state index contributed by atoms with van der Waals surface area (Å²) < 4.78 is 102. The molecule has 2 aliphatic carbocycles. The molecule has 0 spiro atoms. The molecule has 90 valence electrons. The molecule has 0 unspecified atom stereocenters. The maximum atomic E-state index is 8.51. The van der Waals surface area contributed by atoms with Crippen LogP contribution >= 0.6 is 0 Å². The van der Waals surface area contributed by atoms with E-state index < -0.39 is 38.2 Å². The fourth-order valence-electron chi connectivity index (χ4n) is 2.39. The summed E-state index contributed by atoms with van der Waals surface area (Å²) in [5.74, 6) is 0. The van der Waals surface area contributed by atoms with Crippen molar-refractivity contribution in [2.75, 3.05) is 0 Å². The summed E-state index contributed by atoms with van der Waals surface area (Å²) in [4.78, 5) is 0. The minimum Gasteiger partial charge on any atom is -0.0617 e. The minimum atomic E-state index is -3.09. The Labute approximate surface area is 126 Å². The molecule has 0 nitrogen and oxygen atoms in total. The molecule has 18 heavy (non-hydrogen) atoms. The first-order valence-corrected chi connectivity index (χ1v) is 5.74. The first kappa shape index (κ1) is 3.96. The first-order valence-electron chi connectivity index (χ1n) is 11.7. The third kappa shape index (κ3) is 1.45. The normalized spacial score (nSPS) is 43.3. The van der Waals surface area contributed by atoms with Gasteiger partial charge in [0.05, 0.1) is 0 Å². The molecule has 4 rings (SSSR count). The Morgan fingerprint density at radius 3 is 1.28 bits per heavy atom. The number of hydrogen-bond donors (Lipinski definition) is 0. The van der Waals surface area contributed by atoms with E-state index in [1.54, 1.807) is 0 Å². The van der Waals surface area contributed by atoms with Gasteiger partial charge in [-0.3, -0.25) is 0 Å². The maximum absolute atomic E-state index is 8.51. The van der Waals surface area contributed by atoms with Crippen LogP contribution in [-0.2, 0) is 25.5 Å². The van der Waals surface area contributed by atoms with Crippen molar-refractivity contribution in [2.45, 2.75) is 38.2 Å². The molecule has 0 N–H and O–H groups in total. The van der Waals surface area contributed by atoms with E-state index in [9.17, 15) is 0 Å². The molecule has 0 bridgehead atoms. The molecule has 2 aromatic rings. The van der Waals surface area contributed by atoms with Crippen molar-refractivity contribution in [3.63, 3.8) is 0 Å². The topological polar surface area (TPSA) is 0 Å². The van der Waals surface area contributed by atoms with E-state index in [1.165, 1.54) is 36.4 Å². The lowest BCUT2D eigenvalue weighted by Gasteiger charge is -2.15. The van der Waals surface area contributed by atoms with Crippen LogP contribution in [0.1, 0.15) is 51.4 Å². The number of aryl methyl sites for hydroxylation is 4. The van der Waals surface area contributed by atoms with Crippen LogP contribution in [0.5, 0.6) is 0 Å². The van der Waals surface area contributed by atoms with Crippen molar-refractivity contribution in [1.29, 1.82) is 0 Å². The fourth-order valence-corrected chi connectivity index (χ4v) is 2.39. The molecule has 0 radical (unpaired) electrons. The van der Waals surface area contributed by atoms with Crippen molar-refractivity contribution in [2.24, 2.45) is 0 Å². The van der Waals surface area contributed by atoms with Gasteiger partial charge >= 0.3 is 0 Å². The molecule has 0 atom stereocenters. The van der Waals surface area contributed by atoms with E-state index >= 15 is 0 Å². The quantitative estimate of drug-likeness (QED) is 0.649. The van der Waals surface area contributed by atoms with E-state index in [1.807, 2.05) is 0 Å². The van der Waals surface area contributed by atoms with Gasteiger partial charge in [0.15, 0.2) is 0 Å². The summed E-state index contributed by atoms with van der Waals surface area (Å²) in [6, 6.07) is 7.44. The summed E-state index contributed by atoms with van der Waals surface area (Å²) in [5, 5.41) is 0. The molecular formula is C18H18. The zero-order valence-corrected chi connectivity index (χ0v) is 9.46. The van der Waals surface area contributed by atoms with E-state index in [0.717, 1.165) is 0 Å². The Morgan fingerprint density at radius 1 is 0.611 bits per heavy atom. The second-order valence-corrected chi connectivity index (χ2v) is 4.21. The Kier molecular flexibility index (Phi) is 0.877. The van der Waals surface area contributed by atoms with Crippen LogP contribution in [0.25, 0.3) is 11.1 Å². The zero-order valence-electron chi connectivity index (χ0n) is 21.5. The van der Waals surface area contributed by atoms with E-state index in [0.29, 0.717) is 0 Å². The maximum Gasteiger partial charge on any atom is 0.0316 e. The van der Waals surface area contributed by atoms with Gasteiger partial charge in [-0.25, -0.2) is 0 Å². The van der Waals surface area contributed by atoms with Gasteiger partial charge in [0.25, 0.3) is 0 Å². The Bertz CT molecular complexity index is 909. The molecule has 0 saturated carbocycles. The van der Waals surface area contributed by atoms with Crippen molar-refractivity contribution < 1.29 is 16.4 Å². The minimum absolute atomic E-state index is 0.186. The molecule has 2 aliphatic rings. The van der Waals surface area contributed by atoms with Gasteiger partial charge in [-0.15, -0.1) is 0 Å². The molecule has 0 aromatic heterocycles. The Hall–Kier alpha value is -1.56. The van der Waals surface area contributed by atoms with Gasteiger partial charge in [-0.2, -0.15) is 0 Å². The Balaban J connectivity index is 2.37. The average Bonchev–Trinajstić information content (AvgIpc) is 2.70. The van der Waals surface area contributed by atoms with Crippen molar-refractivity contribution in [1.82, 2.24) is 0 Å². The molecular weight excluding hydrogens is 216 g/mol. The second kappa shape index (κ2) is 3.98. The smallest absolute Gasteiger partial charge is 0.0316 e. The van der Waals surface area contributed by atoms with E-state index in [4.69, 9.17) is 16.4 Å². The van der Waals surface area contributed by atoms with Crippen LogP contribution in [0.4, 0.5) is 0 Å². The summed E-state index contributed by atoms with van der Waals surface area (Å²) in [5.41, 5.74) is -1.72. The highest BCUT2D eigenvalue weighted by atomic mass is 14.3. The van der Waals surface area contributed by atoms with Crippen molar-refractivity contribution in [3.8, 4) is 11.1 Å². The van der Waals surface area contributed by atoms with Gasteiger partial charge in [-0.05, 0) is 71.6 Å². The predicted molar refractivity (Wildman–Crippen MR) is 75.9 cm³/mol. The summed E-state index contributed by atoms with van der Waals surface area (Å²) in [7, 11) is 0. The van der Waals surface area contributed by atoms with Gasteiger partial charge in [0.2, 0.25) is 0 Å². The van der Waals surface area contributed by atoms with Crippen LogP contribution in [0.15, 0.2) is 36.4 Å². The van der Waals surface area contributed by atoms with Gasteiger partial charge < -0.3 is 0 Å². The molecule has 0 aliphatic heterocycles. The van der Waals surface area contributed by atoms with Crippen LogP contribution in [0.3, 0.4) is 0 Å². The molecule has 0 fully saturated rings. The summed E-state index contributed by atoms with van der Waals surface area (Å²) >= 11 is 0. The first-order chi connectivity index (χ1) is 13.5. The summed E-state index contributed by atoms with van der Waals surface area (Å²) in [6.07, 6.45) is -17.9. The lowest BCUT2D eigenvalue weighted by atomic mass is 9.90. The van der Waals surface area contributed by atoms with Crippen molar-refractivity contribution >= 4 is 0 Å². The third-order valence-electron chi connectivity index (χ3n) is 3.17. The molecule has 0 saturated heterocycles. The van der Waals surface area contributed by atoms with Gasteiger partial charge in [0, 0.05) is 16.4 Å².